The molecule has 5 nitrogen and oxygen atoms in total. The molecule has 0 saturated heterocycles. The molecule has 0 unspecified atom stereocenters. The minimum atomic E-state index is -0.583. The lowest BCUT2D eigenvalue weighted by Gasteiger charge is -2.18. The average Bonchev–Trinajstić information content (AvgIpc) is 2.37. The van der Waals surface area contributed by atoms with E-state index in [0.29, 0.717) is 23.1 Å². The van der Waals surface area contributed by atoms with Gasteiger partial charge in [0, 0.05) is 11.5 Å². The molecule has 0 atom stereocenters. The number of hydrogen-bond donors (Lipinski definition) is 2. The van der Waals surface area contributed by atoms with Gasteiger partial charge in [-0.2, -0.15) is 5.26 Å². The van der Waals surface area contributed by atoms with E-state index in [1.807, 2.05) is 26.8 Å². The van der Waals surface area contributed by atoms with Gasteiger partial charge in [-0.1, -0.05) is 26.8 Å². The van der Waals surface area contributed by atoms with Gasteiger partial charge in [-0.25, -0.2) is 14.4 Å². The fourth-order valence-corrected chi connectivity index (χ4v) is 1.75. The average molecular weight is 285 g/mol. The standard InChI is InChI=1S/C15H16FN5/c1-15(2,3)14-20-12(18)7-13(21-14)19-11-6-4-5-10(16)9(11)8-17/h4-7H,1-3H3,(H3,18,19,20,21). The summed E-state index contributed by atoms with van der Waals surface area (Å²) >= 11 is 0. The highest BCUT2D eigenvalue weighted by Crippen LogP contribution is 2.25. The predicted octanol–water partition coefficient (Wildman–Crippen LogP) is 3.11. The number of anilines is 3. The van der Waals surface area contributed by atoms with Crippen LogP contribution in [0.2, 0.25) is 0 Å². The van der Waals surface area contributed by atoms with E-state index in [1.165, 1.54) is 12.1 Å². The third-order valence-corrected chi connectivity index (χ3v) is 2.80. The van der Waals surface area contributed by atoms with Crippen LogP contribution in [-0.4, -0.2) is 9.97 Å². The molecule has 0 fully saturated rings. The topological polar surface area (TPSA) is 87.6 Å². The largest absolute Gasteiger partial charge is 0.384 e. The molecule has 3 N–H and O–H groups in total. The number of nitriles is 1. The van der Waals surface area contributed by atoms with Crippen LogP contribution >= 0.6 is 0 Å². The van der Waals surface area contributed by atoms with Crippen LogP contribution in [0.3, 0.4) is 0 Å². The Hall–Kier alpha value is -2.68. The van der Waals surface area contributed by atoms with Gasteiger partial charge in [-0.05, 0) is 12.1 Å². The van der Waals surface area contributed by atoms with Crippen molar-refractivity contribution >= 4 is 17.3 Å². The fourth-order valence-electron chi connectivity index (χ4n) is 1.75. The van der Waals surface area contributed by atoms with E-state index in [0.717, 1.165) is 0 Å². The monoisotopic (exact) mass is 285 g/mol. The molecule has 0 spiro atoms. The Labute approximate surface area is 122 Å². The number of nitrogens with two attached hydrogens (primary N) is 1. The highest BCUT2D eigenvalue weighted by molar-refractivity contribution is 5.65. The van der Waals surface area contributed by atoms with Gasteiger partial charge in [-0.15, -0.1) is 0 Å². The van der Waals surface area contributed by atoms with Crippen molar-refractivity contribution in [2.75, 3.05) is 11.1 Å². The summed E-state index contributed by atoms with van der Waals surface area (Å²) in [6.45, 7) is 5.90. The van der Waals surface area contributed by atoms with Crippen LogP contribution in [0.15, 0.2) is 24.3 Å². The first-order valence-corrected chi connectivity index (χ1v) is 6.42. The molecule has 0 aliphatic carbocycles. The molecule has 0 amide bonds. The second-order valence-electron chi connectivity index (χ2n) is 5.65. The summed E-state index contributed by atoms with van der Waals surface area (Å²) in [6, 6.07) is 7.74. The molecule has 108 valence electrons. The minimum Gasteiger partial charge on any atom is -0.384 e. The first kappa shape index (κ1) is 14.7. The fraction of sp³-hybridized carbons (Fsp3) is 0.267. The van der Waals surface area contributed by atoms with Crippen molar-refractivity contribution in [2.24, 2.45) is 0 Å². The lowest BCUT2D eigenvalue weighted by atomic mass is 9.96. The summed E-state index contributed by atoms with van der Waals surface area (Å²) in [5.41, 5.74) is 5.79. The molecule has 0 aliphatic rings. The summed E-state index contributed by atoms with van der Waals surface area (Å²) in [7, 11) is 0. The molecule has 2 aromatic rings. The molecular weight excluding hydrogens is 269 g/mol. The molecule has 6 heteroatoms. The van der Waals surface area contributed by atoms with Crippen LogP contribution in [0.5, 0.6) is 0 Å². The van der Waals surface area contributed by atoms with E-state index in [4.69, 9.17) is 11.0 Å². The van der Waals surface area contributed by atoms with Crippen LogP contribution in [0.25, 0.3) is 0 Å². The number of nitrogen functional groups attached to an aromatic ring is 1. The molecule has 2 rings (SSSR count). The Morgan fingerprint density at radius 3 is 2.62 bits per heavy atom. The molecule has 0 bridgehead atoms. The number of halogens is 1. The van der Waals surface area contributed by atoms with Gasteiger partial charge in [0.2, 0.25) is 0 Å². The van der Waals surface area contributed by atoms with E-state index in [2.05, 4.69) is 15.3 Å². The van der Waals surface area contributed by atoms with Crippen molar-refractivity contribution in [1.29, 1.82) is 5.26 Å². The van der Waals surface area contributed by atoms with Crippen molar-refractivity contribution in [3.63, 3.8) is 0 Å². The maximum absolute atomic E-state index is 13.6. The molecule has 1 aromatic heterocycles. The summed E-state index contributed by atoms with van der Waals surface area (Å²) < 4.78 is 13.6. The van der Waals surface area contributed by atoms with Gasteiger partial charge in [-0.3, -0.25) is 0 Å². The quantitative estimate of drug-likeness (QED) is 0.885. The molecule has 21 heavy (non-hydrogen) atoms. The van der Waals surface area contributed by atoms with Crippen LogP contribution < -0.4 is 11.1 Å². The van der Waals surface area contributed by atoms with Crippen LogP contribution in [0.4, 0.5) is 21.7 Å². The lowest BCUT2D eigenvalue weighted by Crippen LogP contribution is -2.17. The Balaban J connectivity index is 2.44. The van der Waals surface area contributed by atoms with Crippen LogP contribution in [-0.2, 0) is 5.41 Å². The van der Waals surface area contributed by atoms with Gasteiger partial charge in [0.15, 0.2) is 0 Å². The van der Waals surface area contributed by atoms with Gasteiger partial charge < -0.3 is 11.1 Å². The maximum atomic E-state index is 13.6. The Morgan fingerprint density at radius 1 is 1.29 bits per heavy atom. The molecule has 0 saturated carbocycles. The minimum absolute atomic E-state index is 0.0630. The number of nitrogens with zero attached hydrogens (tertiary/aromatic N) is 3. The van der Waals surface area contributed by atoms with Crippen molar-refractivity contribution in [2.45, 2.75) is 26.2 Å². The highest BCUT2D eigenvalue weighted by Gasteiger charge is 2.19. The third-order valence-electron chi connectivity index (χ3n) is 2.80. The number of aromatic nitrogens is 2. The van der Waals surface area contributed by atoms with E-state index < -0.39 is 5.82 Å². The Morgan fingerprint density at radius 2 is 2.00 bits per heavy atom. The van der Waals surface area contributed by atoms with E-state index >= 15 is 0 Å². The summed E-state index contributed by atoms with van der Waals surface area (Å²) in [4.78, 5) is 8.57. The smallest absolute Gasteiger partial charge is 0.143 e. The van der Waals surface area contributed by atoms with Gasteiger partial charge >= 0.3 is 0 Å². The predicted molar refractivity (Wildman–Crippen MR) is 79.5 cm³/mol. The molecular formula is C15H16FN5. The zero-order valence-electron chi connectivity index (χ0n) is 12.1. The second-order valence-corrected chi connectivity index (χ2v) is 5.65. The van der Waals surface area contributed by atoms with Crippen LogP contribution in [0.1, 0.15) is 32.2 Å². The van der Waals surface area contributed by atoms with Crippen molar-refractivity contribution < 1.29 is 4.39 Å². The highest BCUT2D eigenvalue weighted by atomic mass is 19.1. The number of hydrogen-bond acceptors (Lipinski definition) is 5. The first-order valence-electron chi connectivity index (χ1n) is 6.42. The zero-order chi connectivity index (χ0) is 15.6. The van der Waals surface area contributed by atoms with Gasteiger partial charge in [0.05, 0.1) is 5.69 Å². The molecule has 1 aromatic carbocycles. The molecule has 1 heterocycles. The van der Waals surface area contributed by atoms with Gasteiger partial charge in [0.25, 0.3) is 0 Å². The normalized spacial score (nSPS) is 11.0. The van der Waals surface area contributed by atoms with Crippen molar-refractivity contribution in [3.8, 4) is 6.07 Å². The second kappa shape index (κ2) is 5.37. The Bertz CT molecular complexity index is 713. The van der Waals surface area contributed by atoms with Crippen molar-refractivity contribution in [3.05, 3.63) is 41.5 Å². The summed E-state index contributed by atoms with van der Waals surface area (Å²) in [5, 5.41) is 12.0. The number of nitrogens with one attached hydrogen (secondary N) is 1. The van der Waals surface area contributed by atoms with Crippen molar-refractivity contribution in [1.82, 2.24) is 9.97 Å². The third kappa shape index (κ3) is 3.26. The Kier molecular flexibility index (Phi) is 3.76. The summed E-state index contributed by atoms with van der Waals surface area (Å²) in [6.07, 6.45) is 0. The lowest BCUT2D eigenvalue weighted by molar-refractivity contribution is 0.547. The van der Waals surface area contributed by atoms with E-state index in [1.54, 1.807) is 12.1 Å². The number of benzene rings is 1. The zero-order valence-corrected chi connectivity index (χ0v) is 12.1. The molecule has 0 radical (unpaired) electrons. The molecule has 0 aliphatic heterocycles. The van der Waals surface area contributed by atoms with E-state index in [-0.39, 0.29) is 11.0 Å². The van der Waals surface area contributed by atoms with Gasteiger partial charge in [0.1, 0.15) is 34.9 Å². The number of rotatable bonds is 2. The van der Waals surface area contributed by atoms with Crippen LogP contribution in [0, 0.1) is 17.1 Å². The maximum Gasteiger partial charge on any atom is 0.143 e. The SMILES string of the molecule is CC(C)(C)c1nc(N)cc(Nc2cccc(F)c2C#N)n1. The first-order chi connectivity index (χ1) is 9.81. The van der Waals surface area contributed by atoms with E-state index in [9.17, 15) is 4.39 Å². The summed E-state index contributed by atoms with van der Waals surface area (Å²) in [5.74, 6) is 0.724.